The Morgan fingerprint density at radius 2 is 1.37 bits per heavy atom. The number of benzene rings is 2. The molecule has 0 aromatic heterocycles. The maximum Gasteiger partial charge on any atom is 0.228 e. The highest BCUT2D eigenvalue weighted by atomic mass is 16.5. The molecule has 2 aliphatic heterocycles. The predicted molar refractivity (Wildman–Crippen MR) is 143 cm³/mol. The molecule has 38 heavy (non-hydrogen) atoms. The standard InChI is InChI=1S/C29H37N3O6/c1-35-24-8-6-5-7-23(24)30-11-13-31(14-12-30)29(34)22-18-32(28(33)19-9-10-19)17-21(22)20-15-25(36-2)27(38-4)26(16-20)37-3/h5-8,15-16,19,21-22H,9-14,17-18H2,1-4H3/t21-,22-/m1/s1. The fourth-order valence-corrected chi connectivity index (χ4v) is 5.77. The average Bonchev–Trinajstić information content (AvgIpc) is 3.73. The van der Waals surface area contributed by atoms with Gasteiger partial charge in [0.25, 0.3) is 0 Å². The summed E-state index contributed by atoms with van der Waals surface area (Å²) in [5.74, 6) is 2.31. The van der Waals surface area contributed by atoms with E-state index in [1.165, 1.54) is 0 Å². The van der Waals surface area contributed by atoms with Crippen molar-refractivity contribution in [3.63, 3.8) is 0 Å². The van der Waals surface area contributed by atoms with Gasteiger partial charge in [-0.15, -0.1) is 0 Å². The van der Waals surface area contributed by atoms with E-state index in [0.717, 1.165) is 42.9 Å². The molecule has 9 nitrogen and oxygen atoms in total. The van der Waals surface area contributed by atoms with Gasteiger partial charge in [0.05, 0.1) is 40.0 Å². The summed E-state index contributed by atoms with van der Waals surface area (Å²) in [5.41, 5.74) is 1.95. The zero-order valence-electron chi connectivity index (χ0n) is 22.6. The first kappa shape index (κ1) is 26.0. The molecule has 0 unspecified atom stereocenters. The first-order valence-corrected chi connectivity index (χ1v) is 13.2. The van der Waals surface area contributed by atoms with E-state index in [1.807, 2.05) is 40.1 Å². The van der Waals surface area contributed by atoms with Crippen LogP contribution in [0.2, 0.25) is 0 Å². The number of anilines is 1. The Hall–Kier alpha value is -3.62. The van der Waals surface area contributed by atoms with Gasteiger partial charge in [-0.1, -0.05) is 12.1 Å². The highest BCUT2D eigenvalue weighted by molar-refractivity contribution is 5.85. The first-order valence-electron chi connectivity index (χ1n) is 13.2. The van der Waals surface area contributed by atoms with E-state index in [4.69, 9.17) is 18.9 Å². The molecule has 1 aliphatic carbocycles. The van der Waals surface area contributed by atoms with E-state index in [2.05, 4.69) is 11.0 Å². The number of hydrogen-bond donors (Lipinski definition) is 0. The molecule has 0 N–H and O–H groups in total. The molecule has 3 fully saturated rings. The number of carbonyl (C=O) groups excluding carboxylic acids is 2. The van der Waals surface area contributed by atoms with Crippen molar-refractivity contribution in [2.75, 3.05) is 72.6 Å². The molecule has 9 heteroatoms. The smallest absolute Gasteiger partial charge is 0.228 e. The monoisotopic (exact) mass is 523 g/mol. The number of para-hydroxylation sites is 2. The third kappa shape index (κ3) is 4.93. The molecule has 5 rings (SSSR count). The minimum Gasteiger partial charge on any atom is -0.495 e. The molecule has 2 atom stereocenters. The second-order valence-corrected chi connectivity index (χ2v) is 10.2. The fraction of sp³-hybridized carbons (Fsp3) is 0.517. The molecule has 3 aliphatic rings. The van der Waals surface area contributed by atoms with Crippen LogP contribution in [0.5, 0.6) is 23.0 Å². The summed E-state index contributed by atoms with van der Waals surface area (Å²) in [6.45, 7) is 3.61. The Labute approximate surface area is 224 Å². The van der Waals surface area contributed by atoms with Crippen LogP contribution in [-0.4, -0.2) is 89.3 Å². The minimum atomic E-state index is -0.335. The summed E-state index contributed by atoms with van der Waals surface area (Å²) in [6.07, 6.45) is 1.88. The van der Waals surface area contributed by atoms with Crippen molar-refractivity contribution >= 4 is 17.5 Å². The van der Waals surface area contributed by atoms with Crippen LogP contribution < -0.4 is 23.8 Å². The summed E-state index contributed by atoms with van der Waals surface area (Å²) in [4.78, 5) is 33.1. The van der Waals surface area contributed by atoms with Gasteiger partial charge in [-0.05, 0) is 42.7 Å². The molecular formula is C29H37N3O6. The van der Waals surface area contributed by atoms with Crippen molar-refractivity contribution in [1.82, 2.24) is 9.80 Å². The second kappa shape index (κ2) is 11.0. The summed E-state index contributed by atoms with van der Waals surface area (Å²) >= 11 is 0. The summed E-state index contributed by atoms with van der Waals surface area (Å²) < 4.78 is 22.2. The van der Waals surface area contributed by atoms with Crippen LogP contribution in [0, 0.1) is 11.8 Å². The van der Waals surface area contributed by atoms with Crippen LogP contribution in [-0.2, 0) is 9.59 Å². The number of hydrogen-bond acceptors (Lipinski definition) is 7. The van der Waals surface area contributed by atoms with Crippen molar-refractivity contribution in [1.29, 1.82) is 0 Å². The quantitative estimate of drug-likeness (QED) is 0.526. The lowest BCUT2D eigenvalue weighted by atomic mass is 9.87. The van der Waals surface area contributed by atoms with E-state index in [-0.39, 0.29) is 29.6 Å². The van der Waals surface area contributed by atoms with E-state index in [1.54, 1.807) is 28.4 Å². The first-order chi connectivity index (χ1) is 18.5. The van der Waals surface area contributed by atoms with Gasteiger partial charge >= 0.3 is 0 Å². The van der Waals surface area contributed by atoms with Gasteiger partial charge in [0, 0.05) is 51.1 Å². The van der Waals surface area contributed by atoms with Gasteiger partial charge in [-0.2, -0.15) is 0 Å². The highest BCUT2D eigenvalue weighted by Crippen LogP contribution is 2.44. The SMILES string of the molecule is COc1ccccc1N1CCN(C(=O)[C@@H]2CN(C(=O)C3CC3)C[C@@H]2c2cc(OC)c(OC)c(OC)c2)CC1. The van der Waals surface area contributed by atoms with Crippen molar-refractivity contribution in [3.8, 4) is 23.0 Å². The number of carbonyl (C=O) groups is 2. The lowest BCUT2D eigenvalue weighted by Crippen LogP contribution is -2.51. The Balaban J connectivity index is 1.38. The molecule has 2 aromatic carbocycles. The van der Waals surface area contributed by atoms with Crippen LogP contribution in [0.15, 0.2) is 36.4 Å². The van der Waals surface area contributed by atoms with Crippen LogP contribution >= 0.6 is 0 Å². The molecule has 1 saturated carbocycles. The van der Waals surface area contributed by atoms with Crippen molar-refractivity contribution < 1.29 is 28.5 Å². The van der Waals surface area contributed by atoms with Crippen LogP contribution in [0.25, 0.3) is 0 Å². The lowest BCUT2D eigenvalue weighted by Gasteiger charge is -2.38. The fourth-order valence-electron chi connectivity index (χ4n) is 5.77. The summed E-state index contributed by atoms with van der Waals surface area (Å²) in [5, 5.41) is 0. The van der Waals surface area contributed by atoms with Gasteiger partial charge in [-0.3, -0.25) is 9.59 Å². The number of methoxy groups -OCH3 is 4. The van der Waals surface area contributed by atoms with Gasteiger partial charge < -0.3 is 33.6 Å². The van der Waals surface area contributed by atoms with E-state index in [9.17, 15) is 9.59 Å². The zero-order valence-corrected chi connectivity index (χ0v) is 22.6. The topological polar surface area (TPSA) is 80.8 Å². The maximum absolute atomic E-state index is 14.0. The Morgan fingerprint density at radius 3 is 1.95 bits per heavy atom. The second-order valence-electron chi connectivity index (χ2n) is 10.2. The number of ether oxygens (including phenoxy) is 4. The highest BCUT2D eigenvalue weighted by Gasteiger charge is 2.45. The zero-order chi connectivity index (χ0) is 26.8. The van der Waals surface area contributed by atoms with Crippen LogP contribution in [0.3, 0.4) is 0 Å². The van der Waals surface area contributed by atoms with Gasteiger partial charge in [0.1, 0.15) is 5.75 Å². The molecule has 0 spiro atoms. The van der Waals surface area contributed by atoms with Crippen LogP contribution in [0.4, 0.5) is 5.69 Å². The number of nitrogens with zero attached hydrogens (tertiary/aromatic N) is 3. The average molecular weight is 524 g/mol. The number of rotatable bonds is 8. The molecule has 0 radical (unpaired) electrons. The lowest BCUT2D eigenvalue weighted by molar-refractivity contribution is -0.136. The minimum absolute atomic E-state index is 0.0922. The predicted octanol–water partition coefficient (Wildman–Crippen LogP) is 3.02. The third-order valence-corrected chi connectivity index (χ3v) is 8.01. The third-order valence-electron chi connectivity index (χ3n) is 8.01. The van der Waals surface area contributed by atoms with Crippen molar-refractivity contribution in [2.24, 2.45) is 11.8 Å². The normalized spacial score (nSPS) is 21.3. The molecule has 2 heterocycles. The number of likely N-dealkylation sites (tertiary alicyclic amines) is 1. The van der Waals surface area contributed by atoms with Gasteiger partial charge in [0.2, 0.25) is 17.6 Å². The van der Waals surface area contributed by atoms with E-state index >= 15 is 0 Å². The molecule has 0 bridgehead atoms. The Kier molecular flexibility index (Phi) is 7.53. The van der Waals surface area contributed by atoms with Crippen molar-refractivity contribution in [3.05, 3.63) is 42.0 Å². The molecule has 2 amide bonds. The van der Waals surface area contributed by atoms with E-state index < -0.39 is 0 Å². The molecular weight excluding hydrogens is 486 g/mol. The molecule has 204 valence electrons. The Bertz CT molecular complexity index is 1150. The molecule has 2 aromatic rings. The van der Waals surface area contributed by atoms with Gasteiger partial charge in [0.15, 0.2) is 11.5 Å². The van der Waals surface area contributed by atoms with Crippen molar-refractivity contribution in [2.45, 2.75) is 18.8 Å². The summed E-state index contributed by atoms with van der Waals surface area (Å²) in [6, 6.07) is 11.8. The maximum atomic E-state index is 14.0. The number of piperazine rings is 1. The van der Waals surface area contributed by atoms with Gasteiger partial charge in [-0.25, -0.2) is 0 Å². The van der Waals surface area contributed by atoms with Crippen LogP contribution in [0.1, 0.15) is 24.3 Å². The number of amides is 2. The Morgan fingerprint density at radius 1 is 0.737 bits per heavy atom. The summed E-state index contributed by atoms with van der Waals surface area (Å²) in [7, 11) is 6.42. The molecule has 2 saturated heterocycles. The largest absolute Gasteiger partial charge is 0.495 e. The van der Waals surface area contributed by atoms with E-state index in [0.29, 0.717) is 43.4 Å².